The molecule has 0 radical (unpaired) electrons. The van der Waals surface area contributed by atoms with Crippen molar-refractivity contribution in [2.24, 2.45) is 29.6 Å². The zero-order valence-electron chi connectivity index (χ0n) is 22.0. The van der Waals surface area contributed by atoms with E-state index in [9.17, 15) is 28.4 Å². The topological polar surface area (TPSA) is 128 Å². The molecular formula is C25H39ClFN5O5. The third-order valence-electron chi connectivity index (χ3n) is 8.01. The van der Waals surface area contributed by atoms with Gasteiger partial charge in [0.25, 0.3) is 17.4 Å². The lowest BCUT2D eigenvalue weighted by Crippen LogP contribution is -2.60. The quantitative estimate of drug-likeness (QED) is 0.298. The molecule has 0 unspecified atom stereocenters. The maximum Gasteiger partial charge on any atom is 0.291 e. The van der Waals surface area contributed by atoms with Crippen molar-refractivity contribution in [2.45, 2.75) is 77.5 Å². The summed E-state index contributed by atoms with van der Waals surface area (Å²) in [5.74, 6) is -3.76. The van der Waals surface area contributed by atoms with E-state index in [1.807, 2.05) is 13.8 Å². The van der Waals surface area contributed by atoms with Gasteiger partial charge in [0.05, 0.1) is 12.5 Å². The Bertz CT molecular complexity index is 903. The molecule has 3 aliphatic rings. The first-order valence-electron chi connectivity index (χ1n) is 13.2. The highest BCUT2D eigenvalue weighted by atomic mass is 35.5. The maximum absolute atomic E-state index is 13.8. The summed E-state index contributed by atoms with van der Waals surface area (Å²) in [5.41, 5.74) is 0.0884. The second-order valence-corrected chi connectivity index (χ2v) is 11.2. The van der Waals surface area contributed by atoms with Crippen LogP contribution in [0.5, 0.6) is 0 Å². The van der Waals surface area contributed by atoms with Crippen LogP contribution in [0.4, 0.5) is 4.39 Å². The average molecular weight is 544 g/mol. The van der Waals surface area contributed by atoms with Crippen molar-refractivity contribution in [2.75, 3.05) is 19.6 Å². The van der Waals surface area contributed by atoms with Gasteiger partial charge in [0.15, 0.2) is 0 Å². The molecule has 2 saturated heterocycles. The molecule has 3 rings (SSSR count). The number of hydrogen-bond acceptors (Lipinski definition) is 5. The number of hydrogen-bond donors (Lipinski definition) is 3. The van der Waals surface area contributed by atoms with Crippen LogP contribution in [0.1, 0.15) is 59.8 Å². The highest BCUT2D eigenvalue weighted by Gasteiger charge is 2.51. The first-order valence-corrected chi connectivity index (χ1v) is 13.7. The number of alkyl halides is 2. The predicted molar refractivity (Wildman–Crippen MR) is 134 cm³/mol. The van der Waals surface area contributed by atoms with Gasteiger partial charge in [-0.3, -0.25) is 29.4 Å². The number of carbonyl (C=O) groups excluding carboxylic acids is 5. The van der Waals surface area contributed by atoms with Crippen molar-refractivity contribution in [3.8, 4) is 0 Å². The van der Waals surface area contributed by atoms with E-state index in [-0.39, 0.29) is 47.9 Å². The standard InChI is InChI=1S/C25H39ClFN5O5/c1-5-14(4)18(29-21(33)13(2)3)24(36)31-11-15-7-6-8-17(15)19(31)23(35)30-32(25(37)20(26)27)12-16-9-10-28-22(16)34/h13-20H,5-12H2,1-4H3,(H,28,34)(H,29,33)(H,30,35)/t14-,15-,16-,17-,18-,19-,20-/m0/s1. The number of fused-ring (bicyclic) bond motifs is 1. The molecule has 12 heteroatoms. The molecule has 0 spiro atoms. The summed E-state index contributed by atoms with van der Waals surface area (Å²) in [5, 5.41) is 6.28. The van der Waals surface area contributed by atoms with Crippen molar-refractivity contribution in [3.63, 3.8) is 0 Å². The first kappa shape index (κ1) is 29.1. The lowest BCUT2D eigenvalue weighted by atomic mass is 9.93. The Morgan fingerprint density at radius 2 is 1.89 bits per heavy atom. The summed E-state index contributed by atoms with van der Waals surface area (Å²) >= 11 is 5.41. The molecule has 7 atom stereocenters. The number of nitrogens with zero attached hydrogens (tertiary/aromatic N) is 2. The fourth-order valence-corrected chi connectivity index (χ4v) is 5.71. The first-order chi connectivity index (χ1) is 17.5. The Balaban J connectivity index is 1.84. The highest BCUT2D eigenvalue weighted by Crippen LogP contribution is 2.42. The van der Waals surface area contributed by atoms with E-state index >= 15 is 0 Å². The van der Waals surface area contributed by atoms with E-state index in [2.05, 4.69) is 16.1 Å². The fourth-order valence-electron chi connectivity index (χ4n) is 5.60. The van der Waals surface area contributed by atoms with E-state index < -0.39 is 35.4 Å². The molecule has 0 aromatic rings. The van der Waals surface area contributed by atoms with Crippen LogP contribution in [0.15, 0.2) is 0 Å². The molecule has 2 aliphatic heterocycles. The molecule has 1 aliphatic carbocycles. The monoisotopic (exact) mass is 543 g/mol. The molecule has 10 nitrogen and oxygen atoms in total. The van der Waals surface area contributed by atoms with Crippen LogP contribution in [0.3, 0.4) is 0 Å². The molecule has 208 valence electrons. The predicted octanol–water partition coefficient (Wildman–Crippen LogP) is 1.33. The minimum absolute atomic E-state index is 0.116. The van der Waals surface area contributed by atoms with Crippen LogP contribution >= 0.6 is 11.6 Å². The Morgan fingerprint density at radius 1 is 1.19 bits per heavy atom. The number of amides is 5. The van der Waals surface area contributed by atoms with Crippen LogP contribution in [-0.4, -0.2) is 76.8 Å². The summed E-state index contributed by atoms with van der Waals surface area (Å²) in [6, 6.07) is -1.68. The SMILES string of the molecule is CC[C@H](C)[C@H](NC(=O)C(C)C)C(=O)N1C[C@@H]2CCC[C@@H]2[C@H]1C(=O)NN(C[C@@H]1CCNC1=O)C(=O)[C@H](F)Cl. The van der Waals surface area contributed by atoms with E-state index in [1.165, 1.54) is 4.90 Å². The van der Waals surface area contributed by atoms with Gasteiger partial charge in [-0.15, -0.1) is 0 Å². The van der Waals surface area contributed by atoms with Crippen molar-refractivity contribution in [1.29, 1.82) is 0 Å². The van der Waals surface area contributed by atoms with Crippen LogP contribution in [0.25, 0.3) is 0 Å². The van der Waals surface area contributed by atoms with Gasteiger partial charge in [0.1, 0.15) is 12.1 Å². The molecule has 0 bridgehead atoms. The lowest BCUT2D eigenvalue weighted by molar-refractivity contribution is -0.150. The molecule has 37 heavy (non-hydrogen) atoms. The molecule has 0 aromatic heterocycles. The van der Waals surface area contributed by atoms with E-state index in [0.29, 0.717) is 25.9 Å². The largest absolute Gasteiger partial charge is 0.356 e. The van der Waals surface area contributed by atoms with Gasteiger partial charge >= 0.3 is 0 Å². The minimum atomic E-state index is -2.40. The highest BCUT2D eigenvalue weighted by molar-refractivity contribution is 6.29. The smallest absolute Gasteiger partial charge is 0.291 e. The summed E-state index contributed by atoms with van der Waals surface area (Å²) in [6.07, 6.45) is 3.59. The summed E-state index contributed by atoms with van der Waals surface area (Å²) in [6.45, 7) is 7.86. The molecule has 3 fully saturated rings. The van der Waals surface area contributed by atoms with Crippen molar-refractivity contribution in [1.82, 2.24) is 26.0 Å². The normalized spacial score (nSPS) is 27.3. The fraction of sp³-hybridized carbons (Fsp3) is 0.800. The summed E-state index contributed by atoms with van der Waals surface area (Å²) in [7, 11) is 0. The number of hydrazine groups is 1. The Kier molecular flexibility index (Phi) is 9.77. The average Bonchev–Trinajstić information content (AvgIpc) is 3.56. The number of rotatable bonds is 9. The summed E-state index contributed by atoms with van der Waals surface area (Å²) in [4.78, 5) is 66.0. The number of nitrogens with one attached hydrogen (secondary N) is 3. The Morgan fingerprint density at radius 3 is 2.46 bits per heavy atom. The van der Waals surface area contributed by atoms with Gasteiger partial charge in [0.2, 0.25) is 17.7 Å². The van der Waals surface area contributed by atoms with Gasteiger partial charge in [-0.2, -0.15) is 0 Å². The molecule has 2 heterocycles. The maximum atomic E-state index is 13.8. The molecule has 5 amide bonds. The second-order valence-electron chi connectivity index (χ2n) is 10.8. The molecule has 1 saturated carbocycles. The van der Waals surface area contributed by atoms with Gasteiger partial charge in [-0.05, 0) is 37.0 Å². The van der Waals surface area contributed by atoms with E-state index in [4.69, 9.17) is 11.6 Å². The number of halogens is 2. The van der Waals surface area contributed by atoms with Gasteiger partial charge < -0.3 is 15.5 Å². The van der Waals surface area contributed by atoms with Crippen molar-refractivity contribution < 1.29 is 28.4 Å². The van der Waals surface area contributed by atoms with Gasteiger partial charge in [-0.25, -0.2) is 9.40 Å². The molecule has 0 aromatic carbocycles. The third kappa shape index (κ3) is 6.53. The van der Waals surface area contributed by atoms with Crippen LogP contribution in [-0.2, 0) is 24.0 Å². The second kappa shape index (κ2) is 12.4. The number of likely N-dealkylation sites (tertiary alicyclic amines) is 1. The van der Waals surface area contributed by atoms with Crippen molar-refractivity contribution in [3.05, 3.63) is 0 Å². The third-order valence-corrected chi connectivity index (χ3v) is 8.19. The number of carbonyl (C=O) groups is 5. The summed E-state index contributed by atoms with van der Waals surface area (Å²) < 4.78 is 13.8. The lowest BCUT2D eigenvalue weighted by Gasteiger charge is -2.34. The zero-order chi connectivity index (χ0) is 27.4. The van der Waals surface area contributed by atoms with Crippen LogP contribution < -0.4 is 16.1 Å². The van der Waals surface area contributed by atoms with Crippen LogP contribution in [0, 0.1) is 29.6 Å². The van der Waals surface area contributed by atoms with Gasteiger partial charge in [-0.1, -0.05) is 52.1 Å². The Hall–Kier alpha value is -2.43. The van der Waals surface area contributed by atoms with Crippen molar-refractivity contribution >= 4 is 41.1 Å². The zero-order valence-corrected chi connectivity index (χ0v) is 22.7. The Labute approximate surface area is 222 Å². The van der Waals surface area contributed by atoms with Gasteiger partial charge in [0, 0.05) is 19.0 Å². The van der Waals surface area contributed by atoms with E-state index in [0.717, 1.165) is 24.3 Å². The minimum Gasteiger partial charge on any atom is -0.356 e. The molecule has 3 N–H and O–H groups in total. The van der Waals surface area contributed by atoms with Crippen LogP contribution in [0.2, 0.25) is 0 Å². The molecular weight excluding hydrogens is 505 g/mol. The van der Waals surface area contributed by atoms with E-state index in [1.54, 1.807) is 13.8 Å².